The first kappa shape index (κ1) is 37.2. The quantitative estimate of drug-likeness (QED) is 0.106. The minimum atomic E-state index is -0.719. The molecule has 2 saturated heterocycles. The van der Waals surface area contributed by atoms with Gasteiger partial charge >= 0.3 is 0 Å². The molecule has 4 aliphatic rings. The normalized spacial score (nSPS) is 20.8. The van der Waals surface area contributed by atoms with Crippen molar-refractivity contribution in [3.8, 4) is 0 Å². The molecule has 0 bridgehead atoms. The minimum absolute atomic E-state index is 0.00915. The second kappa shape index (κ2) is 16.9. The molecule has 12 heteroatoms. The average Bonchev–Trinajstić information content (AvgIpc) is 4.00. The first-order valence-corrected chi connectivity index (χ1v) is 20.2. The molecule has 4 N–H and O–H groups in total. The van der Waals surface area contributed by atoms with Crippen LogP contribution in [0.25, 0.3) is 6.08 Å². The molecule has 8 rings (SSSR count). The Hall–Kier alpha value is -5.78. The number of aryl methyl sites for hydroxylation is 1. The van der Waals surface area contributed by atoms with E-state index in [0.29, 0.717) is 13.1 Å². The van der Waals surface area contributed by atoms with Crippen molar-refractivity contribution in [2.75, 3.05) is 13.1 Å². The molecule has 290 valence electrons. The zero-order valence-electron chi connectivity index (χ0n) is 31.6. The highest BCUT2D eigenvalue weighted by atomic mass is 16.2. The zero-order valence-corrected chi connectivity index (χ0v) is 31.6. The van der Waals surface area contributed by atoms with Crippen LogP contribution in [-0.2, 0) is 25.6 Å². The SMILES string of the molecule is O=C(NC(C(=O)N1CCCC1c1ncc(C=CC=CCCc2cnc(C3CCCN3C(=O)C(NC(=O)C3CC3)c3ccccc3)[nH]2)[nH]1)c1ccccc1)C1CC1. The van der Waals surface area contributed by atoms with Crippen molar-refractivity contribution < 1.29 is 19.2 Å². The fourth-order valence-corrected chi connectivity index (χ4v) is 7.89. The van der Waals surface area contributed by atoms with Crippen molar-refractivity contribution in [2.24, 2.45) is 11.8 Å². The molecule has 4 fully saturated rings. The van der Waals surface area contributed by atoms with E-state index in [4.69, 9.17) is 0 Å². The van der Waals surface area contributed by atoms with E-state index in [-0.39, 0.29) is 47.5 Å². The van der Waals surface area contributed by atoms with E-state index in [2.05, 4.69) is 36.6 Å². The molecular weight excluding hydrogens is 705 g/mol. The third-order valence-corrected chi connectivity index (χ3v) is 11.3. The smallest absolute Gasteiger partial charge is 0.250 e. The number of benzene rings is 2. The van der Waals surface area contributed by atoms with E-state index in [1.807, 2.05) is 94.9 Å². The lowest BCUT2D eigenvalue weighted by molar-refractivity contribution is -0.138. The van der Waals surface area contributed by atoms with Gasteiger partial charge in [-0.05, 0) is 81.4 Å². The topological polar surface area (TPSA) is 156 Å². The van der Waals surface area contributed by atoms with E-state index in [1.165, 1.54) is 0 Å². The number of imidazole rings is 2. The molecule has 2 aliphatic heterocycles. The second-order valence-corrected chi connectivity index (χ2v) is 15.5. The minimum Gasteiger partial charge on any atom is -0.344 e. The maximum atomic E-state index is 13.9. The lowest BCUT2D eigenvalue weighted by atomic mass is 10.0. The first-order chi connectivity index (χ1) is 27.4. The van der Waals surface area contributed by atoms with Crippen LogP contribution in [0.2, 0.25) is 0 Å². The monoisotopic (exact) mass is 754 g/mol. The maximum absolute atomic E-state index is 13.9. The summed E-state index contributed by atoms with van der Waals surface area (Å²) in [5, 5.41) is 6.07. The lowest BCUT2D eigenvalue weighted by Crippen LogP contribution is -2.43. The van der Waals surface area contributed by atoms with Crippen molar-refractivity contribution in [2.45, 2.75) is 88.4 Å². The predicted octanol–water partition coefficient (Wildman–Crippen LogP) is 6.20. The average molecular weight is 755 g/mol. The summed E-state index contributed by atoms with van der Waals surface area (Å²) in [6.45, 7) is 1.24. The summed E-state index contributed by atoms with van der Waals surface area (Å²) in [7, 11) is 0. The number of allylic oxidation sites excluding steroid dienone is 3. The number of hydrogen-bond acceptors (Lipinski definition) is 6. The van der Waals surface area contributed by atoms with Crippen molar-refractivity contribution in [1.29, 1.82) is 0 Å². The highest BCUT2D eigenvalue weighted by molar-refractivity contribution is 5.91. The van der Waals surface area contributed by atoms with Crippen LogP contribution >= 0.6 is 0 Å². The molecule has 4 atom stereocenters. The summed E-state index contributed by atoms with van der Waals surface area (Å²) in [6, 6.07) is 17.2. The molecule has 0 radical (unpaired) electrons. The van der Waals surface area contributed by atoms with Crippen molar-refractivity contribution >= 4 is 29.7 Å². The van der Waals surface area contributed by atoms with Crippen LogP contribution in [0.4, 0.5) is 0 Å². The standard InChI is InChI=1S/C44H50N8O4/c53-41(31-21-22-31)49-37(29-13-5-3-6-14-29)43(55)51-25-11-19-35(51)39-45-27-33(47-39)17-9-1-2-10-18-34-28-46-40(48-34)36-20-12-26-52(36)44(56)38(30-15-7-4-8-16-30)50-42(54)32-23-24-32/h1-9,13-17,27-28,31-32,35-38H,10-12,18-26H2,(H,45,47)(H,46,48)(H,49,53)(H,50,54). The van der Waals surface area contributed by atoms with Gasteiger partial charge in [0.05, 0.1) is 24.0 Å². The number of carbonyl (C=O) groups excluding carboxylic acids is 4. The van der Waals surface area contributed by atoms with Gasteiger partial charge in [-0.1, -0.05) is 78.9 Å². The number of amides is 4. The number of rotatable bonds is 15. The van der Waals surface area contributed by atoms with Gasteiger partial charge in [0.1, 0.15) is 23.7 Å². The Bertz CT molecular complexity index is 2070. The van der Waals surface area contributed by atoms with Crippen molar-refractivity contribution in [1.82, 2.24) is 40.4 Å². The first-order valence-electron chi connectivity index (χ1n) is 20.2. The van der Waals surface area contributed by atoms with Crippen LogP contribution in [0.3, 0.4) is 0 Å². The van der Waals surface area contributed by atoms with E-state index in [1.54, 1.807) is 6.20 Å². The van der Waals surface area contributed by atoms with E-state index in [0.717, 1.165) is 98.4 Å². The number of nitrogens with zero attached hydrogens (tertiary/aromatic N) is 4. The Morgan fingerprint density at radius 1 is 0.679 bits per heavy atom. The molecule has 2 aromatic heterocycles. The lowest BCUT2D eigenvalue weighted by Gasteiger charge is -2.28. The van der Waals surface area contributed by atoms with Crippen LogP contribution in [0.5, 0.6) is 0 Å². The molecular formula is C44H50N8O4. The molecule has 4 aromatic rings. The summed E-state index contributed by atoms with van der Waals surface area (Å²) in [5.74, 6) is 1.26. The van der Waals surface area contributed by atoms with Crippen molar-refractivity contribution in [3.05, 3.63) is 125 Å². The number of aromatic nitrogens is 4. The summed E-state index contributed by atoms with van der Waals surface area (Å²) < 4.78 is 0. The highest BCUT2D eigenvalue weighted by Crippen LogP contribution is 2.36. The number of carbonyl (C=O) groups is 4. The van der Waals surface area contributed by atoms with Gasteiger partial charge in [-0.3, -0.25) is 19.2 Å². The fourth-order valence-electron chi connectivity index (χ4n) is 7.89. The van der Waals surface area contributed by atoms with Gasteiger partial charge in [0.25, 0.3) is 0 Å². The van der Waals surface area contributed by atoms with E-state index in [9.17, 15) is 19.2 Å². The van der Waals surface area contributed by atoms with Crippen LogP contribution in [0, 0.1) is 11.8 Å². The Kier molecular flexibility index (Phi) is 11.2. The highest BCUT2D eigenvalue weighted by Gasteiger charge is 2.40. The van der Waals surface area contributed by atoms with E-state index >= 15 is 0 Å². The van der Waals surface area contributed by atoms with Crippen molar-refractivity contribution in [3.63, 3.8) is 0 Å². The van der Waals surface area contributed by atoms with Gasteiger partial charge in [-0.15, -0.1) is 0 Å². The molecule has 2 aliphatic carbocycles. The number of H-pyrrole nitrogens is 2. The van der Waals surface area contributed by atoms with Gasteiger partial charge in [0.2, 0.25) is 23.6 Å². The molecule has 4 amide bonds. The number of nitrogens with one attached hydrogen (secondary N) is 4. The second-order valence-electron chi connectivity index (χ2n) is 15.5. The zero-order chi connectivity index (χ0) is 38.4. The molecule has 4 heterocycles. The molecule has 2 saturated carbocycles. The largest absolute Gasteiger partial charge is 0.344 e. The molecule has 56 heavy (non-hydrogen) atoms. The number of aromatic amines is 2. The van der Waals surface area contributed by atoms with Crippen LogP contribution in [0.15, 0.2) is 91.3 Å². The molecule has 12 nitrogen and oxygen atoms in total. The Morgan fingerprint density at radius 2 is 1.20 bits per heavy atom. The molecule has 2 aromatic carbocycles. The third-order valence-electron chi connectivity index (χ3n) is 11.3. The number of likely N-dealkylation sites (tertiary alicyclic amines) is 2. The summed E-state index contributed by atoms with van der Waals surface area (Å²) >= 11 is 0. The Morgan fingerprint density at radius 3 is 1.73 bits per heavy atom. The van der Waals surface area contributed by atoms with Gasteiger partial charge < -0.3 is 30.4 Å². The van der Waals surface area contributed by atoms with Gasteiger partial charge in [0, 0.05) is 36.8 Å². The molecule has 0 spiro atoms. The fraction of sp³-hybridized carbons (Fsp3) is 0.409. The van der Waals surface area contributed by atoms with E-state index < -0.39 is 12.1 Å². The Balaban J connectivity index is 0.842. The summed E-state index contributed by atoms with van der Waals surface area (Å²) in [5.41, 5.74) is 3.43. The molecule has 4 unspecified atom stereocenters. The summed E-state index contributed by atoms with van der Waals surface area (Å²) in [6.07, 6.45) is 20.1. The summed E-state index contributed by atoms with van der Waals surface area (Å²) in [4.78, 5) is 73.3. The van der Waals surface area contributed by atoms with Crippen LogP contribution < -0.4 is 10.6 Å². The predicted molar refractivity (Wildman–Crippen MR) is 211 cm³/mol. The van der Waals surface area contributed by atoms with Gasteiger partial charge in [-0.2, -0.15) is 0 Å². The Labute approximate surface area is 327 Å². The van der Waals surface area contributed by atoms with Gasteiger partial charge in [-0.25, -0.2) is 9.97 Å². The van der Waals surface area contributed by atoms with Crippen LogP contribution in [-0.4, -0.2) is 66.5 Å². The number of hydrogen-bond donors (Lipinski definition) is 4. The maximum Gasteiger partial charge on any atom is 0.250 e. The van der Waals surface area contributed by atoms with Crippen LogP contribution in [0.1, 0.15) is 116 Å². The third kappa shape index (κ3) is 8.69. The van der Waals surface area contributed by atoms with Gasteiger partial charge in [0.15, 0.2) is 0 Å².